The van der Waals surface area contributed by atoms with Crippen molar-refractivity contribution in [2.45, 2.75) is 46.3 Å². The van der Waals surface area contributed by atoms with Crippen LogP contribution in [0.5, 0.6) is 0 Å². The number of amides is 1. The Bertz CT molecular complexity index is 477. The van der Waals surface area contributed by atoms with Gasteiger partial charge in [-0.15, -0.1) is 0 Å². The highest BCUT2D eigenvalue weighted by molar-refractivity contribution is 5.79. The van der Waals surface area contributed by atoms with Crippen LogP contribution < -0.4 is 10.4 Å². The van der Waals surface area contributed by atoms with E-state index in [0.717, 1.165) is 5.56 Å². The minimum atomic E-state index is -1.33. The number of ether oxygens (including phenoxy) is 1. The Labute approximate surface area is 131 Å². The van der Waals surface area contributed by atoms with Crippen molar-refractivity contribution < 1.29 is 19.4 Å². The smallest absolute Gasteiger partial charge is 0.407 e. The maximum Gasteiger partial charge on any atom is 0.407 e. The highest BCUT2D eigenvalue weighted by Crippen LogP contribution is 2.16. The fraction of sp³-hybridized carbons (Fsp3) is 0.529. The molecule has 5 nitrogen and oxygen atoms in total. The monoisotopic (exact) mass is 306 g/mol. The first-order valence-electron chi connectivity index (χ1n) is 7.53. The molecule has 1 rings (SSSR count). The number of aliphatic carboxylic acids is 1. The summed E-state index contributed by atoms with van der Waals surface area (Å²) in [6, 6.07) is 7.95. The van der Waals surface area contributed by atoms with Gasteiger partial charge in [-0.3, -0.25) is 0 Å². The lowest BCUT2D eigenvalue weighted by atomic mass is 9.96. The third-order valence-corrected chi connectivity index (χ3v) is 3.42. The number of benzene rings is 1. The van der Waals surface area contributed by atoms with Gasteiger partial charge >= 0.3 is 6.09 Å². The number of nitrogens with one attached hydrogen (secondary N) is 1. The molecule has 0 aliphatic carbocycles. The van der Waals surface area contributed by atoms with Gasteiger partial charge < -0.3 is 20.0 Å². The van der Waals surface area contributed by atoms with Crippen LogP contribution in [0.2, 0.25) is 0 Å². The standard InChI is InChI=1S/C17H25NO4/c1-11(2)15(12(3)4)22-17(21)18-14(16(19)20)10-13-8-6-5-7-9-13/h5-9,11-12,14-15H,10H2,1-4H3,(H,18,21)(H,19,20)/p-1. The van der Waals surface area contributed by atoms with Gasteiger partial charge in [0.2, 0.25) is 0 Å². The molecule has 1 aromatic carbocycles. The van der Waals surface area contributed by atoms with Crippen molar-refractivity contribution in [3.8, 4) is 0 Å². The molecule has 0 spiro atoms. The van der Waals surface area contributed by atoms with Crippen LogP contribution in [0.15, 0.2) is 30.3 Å². The Hall–Kier alpha value is -2.04. The third-order valence-electron chi connectivity index (χ3n) is 3.42. The second-order valence-electron chi connectivity index (χ2n) is 6.06. The number of rotatable bonds is 7. The van der Waals surface area contributed by atoms with Crippen LogP contribution in [0.1, 0.15) is 33.3 Å². The van der Waals surface area contributed by atoms with E-state index in [9.17, 15) is 14.7 Å². The topological polar surface area (TPSA) is 78.5 Å². The summed E-state index contributed by atoms with van der Waals surface area (Å²) in [5.41, 5.74) is 0.807. The van der Waals surface area contributed by atoms with Crippen LogP contribution >= 0.6 is 0 Å². The molecule has 0 saturated heterocycles. The number of hydrogen-bond donors (Lipinski definition) is 1. The van der Waals surface area contributed by atoms with Crippen molar-refractivity contribution in [3.05, 3.63) is 35.9 Å². The van der Waals surface area contributed by atoms with E-state index in [2.05, 4.69) is 5.32 Å². The maximum absolute atomic E-state index is 11.9. The molecule has 0 aromatic heterocycles. The average Bonchev–Trinajstić information content (AvgIpc) is 2.44. The Balaban J connectivity index is 2.67. The Morgan fingerprint density at radius 3 is 2.09 bits per heavy atom. The van der Waals surface area contributed by atoms with E-state index in [-0.39, 0.29) is 24.4 Å². The van der Waals surface area contributed by atoms with E-state index in [4.69, 9.17) is 4.74 Å². The second-order valence-corrected chi connectivity index (χ2v) is 6.06. The lowest BCUT2D eigenvalue weighted by Gasteiger charge is -2.27. The summed E-state index contributed by atoms with van der Waals surface area (Å²) in [4.78, 5) is 23.2. The molecule has 1 amide bonds. The molecule has 0 aliphatic rings. The summed E-state index contributed by atoms with van der Waals surface area (Å²) < 4.78 is 5.35. The summed E-state index contributed by atoms with van der Waals surface area (Å²) >= 11 is 0. The molecule has 22 heavy (non-hydrogen) atoms. The van der Waals surface area contributed by atoms with Gasteiger partial charge in [-0.25, -0.2) is 4.79 Å². The number of carbonyl (C=O) groups is 2. The summed E-state index contributed by atoms with van der Waals surface area (Å²) in [7, 11) is 0. The maximum atomic E-state index is 11.9. The Kier molecular flexibility index (Phi) is 6.89. The van der Waals surface area contributed by atoms with Crippen LogP contribution in [0.4, 0.5) is 4.79 Å². The van der Waals surface area contributed by atoms with Crippen LogP contribution in [0.3, 0.4) is 0 Å². The minimum absolute atomic E-state index is 0.154. The molecule has 122 valence electrons. The lowest BCUT2D eigenvalue weighted by Crippen LogP contribution is -2.50. The van der Waals surface area contributed by atoms with Crippen LogP contribution in [-0.2, 0) is 16.0 Å². The average molecular weight is 306 g/mol. The van der Waals surface area contributed by atoms with E-state index < -0.39 is 18.1 Å². The number of carbonyl (C=O) groups excluding carboxylic acids is 2. The van der Waals surface area contributed by atoms with E-state index in [1.54, 1.807) is 12.1 Å². The summed E-state index contributed by atoms with van der Waals surface area (Å²) in [5.74, 6) is -1.02. The molecule has 0 heterocycles. The number of carboxylic acid groups (broad SMARTS) is 1. The molecule has 0 aliphatic heterocycles. The number of alkyl carbamates (subject to hydrolysis) is 1. The van der Waals surface area contributed by atoms with Gasteiger partial charge in [0.05, 0.1) is 12.0 Å². The van der Waals surface area contributed by atoms with Gasteiger partial charge in [-0.05, 0) is 23.8 Å². The minimum Gasteiger partial charge on any atom is -0.548 e. The van der Waals surface area contributed by atoms with Crippen LogP contribution in [0.25, 0.3) is 0 Å². The van der Waals surface area contributed by atoms with Crippen molar-refractivity contribution >= 4 is 12.1 Å². The van der Waals surface area contributed by atoms with Gasteiger partial charge in [0, 0.05) is 0 Å². The van der Waals surface area contributed by atoms with Crippen LogP contribution in [0, 0.1) is 11.8 Å². The molecule has 1 atom stereocenters. The zero-order chi connectivity index (χ0) is 16.7. The van der Waals surface area contributed by atoms with Crippen molar-refractivity contribution in [1.29, 1.82) is 0 Å². The van der Waals surface area contributed by atoms with Crippen molar-refractivity contribution in [2.75, 3.05) is 0 Å². The first-order chi connectivity index (χ1) is 10.3. The van der Waals surface area contributed by atoms with Gasteiger partial charge in [0.1, 0.15) is 6.10 Å². The number of carboxylic acids is 1. The van der Waals surface area contributed by atoms with Crippen LogP contribution in [-0.4, -0.2) is 24.2 Å². The van der Waals surface area contributed by atoms with E-state index in [1.165, 1.54) is 0 Å². The molecular weight excluding hydrogens is 282 g/mol. The zero-order valence-corrected chi connectivity index (χ0v) is 13.5. The molecule has 1 unspecified atom stereocenters. The van der Waals surface area contributed by atoms with E-state index in [1.807, 2.05) is 45.9 Å². The zero-order valence-electron chi connectivity index (χ0n) is 13.5. The van der Waals surface area contributed by atoms with Crippen molar-refractivity contribution in [1.82, 2.24) is 5.32 Å². The van der Waals surface area contributed by atoms with Crippen molar-refractivity contribution in [2.24, 2.45) is 11.8 Å². The Morgan fingerprint density at radius 2 is 1.64 bits per heavy atom. The quantitative estimate of drug-likeness (QED) is 0.832. The second kappa shape index (κ2) is 8.41. The largest absolute Gasteiger partial charge is 0.548 e. The van der Waals surface area contributed by atoms with Crippen molar-refractivity contribution in [3.63, 3.8) is 0 Å². The summed E-state index contributed by atoms with van der Waals surface area (Å²) in [5, 5.41) is 13.6. The number of hydrogen-bond acceptors (Lipinski definition) is 4. The molecule has 1 N–H and O–H groups in total. The third kappa shape index (κ3) is 5.76. The van der Waals surface area contributed by atoms with Gasteiger partial charge in [0.25, 0.3) is 0 Å². The predicted octanol–water partition coefficient (Wildman–Crippen LogP) is 1.75. The molecule has 1 aromatic rings. The molecular formula is C17H24NO4-. The van der Waals surface area contributed by atoms with E-state index in [0.29, 0.717) is 0 Å². The predicted molar refractivity (Wildman–Crippen MR) is 82.0 cm³/mol. The van der Waals surface area contributed by atoms with Gasteiger partial charge in [-0.2, -0.15) is 0 Å². The van der Waals surface area contributed by atoms with E-state index >= 15 is 0 Å². The normalized spacial score (nSPS) is 12.5. The van der Waals surface area contributed by atoms with Gasteiger partial charge in [0.15, 0.2) is 0 Å². The highest BCUT2D eigenvalue weighted by Gasteiger charge is 2.23. The molecule has 0 fully saturated rings. The highest BCUT2D eigenvalue weighted by atomic mass is 16.6. The first-order valence-corrected chi connectivity index (χ1v) is 7.53. The summed E-state index contributed by atoms with van der Waals surface area (Å²) in [6.07, 6.45) is -0.830. The fourth-order valence-corrected chi connectivity index (χ4v) is 2.38. The summed E-state index contributed by atoms with van der Waals surface area (Å²) in [6.45, 7) is 7.83. The SMILES string of the molecule is CC(C)C(OC(=O)NC(Cc1ccccc1)C(=O)[O-])C(C)C. The van der Waals surface area contributed by atoms with Gasteiger partial charge in [-0.1, -0.05) is 58.0 Å². The first kappa shape index (κ1) is 18.0. The molecule has 0 radical (unpaired) electrons. The Morgan fingerprint density at radius 1 is 1.09 bits per heavy atom. The molecule has 0 bridgehead atoms. The fourth-order valence-electron chi connectivity index (χ4n) is 2.38. The molecule has 0 saturated carbocycles. The lowest BCUT2D eigenvalue weighted by molar-refractivity contribution is -0.308. The molecule has 5 heteroatoms.